The largest absolute Gasteiger partial charge is 0.370 e. The van der Waals surface area contributed by atoms with E-state index >= 15 is 0 Å². The number of nitrogens with zero attached hydrogens (tertiary/aromatic N) is 2. The van der Waals surface area contributed by atoms with Crippen LogP contribution in [0.15, 0.2) is 170 Å². The molecule has 0 radical (unpaired) electrons. The molecule has 246 valence electrons. The highest BCUT2D eigenvalue weighted by molar-refractivity contribution is 5.75. The van der Waals surface area contributed by atoms with Crippen LogP contribution in [0.25, 0.3) is 44.5 Å². The van der Waals surface area contributed by atoms with E-state index in [1.54, 1.807) is 0 Å². The van der Waals surface area contributed by atoms with Gasteiger partial charge in [-0.15, -0.1) is 0 Å². The smallest absolute Gasteiger partial charge is 0.0426 e. The number of rotatable bonds is 10. The summed E-state index contributed by atoms with van der Waals surface area (Å²) < 4.78 is 0. The van der Waals surface area contributed by atoms with Crippen molar-refractivity contribution in [2.24, 2.45) is 0 Å². The van der Waals surface area contributed by atoms with Crippen molar-refractivity contribution in [1.29, 1.82) is 0 Å². The minimum absolute atomic E-state index is 0.856. The van der Waals surface area contributed by atoms with Gasteiger partial charge >= 0.3 is 0 Å². The van der Waals surface area contributed by atoms with Crippen LogP contribution in [0, 0.1) is 13.8 Å². The van der Waals surface area contributed by atoms with Gasteiger partial charge in [0.1, 0.15) is 0 Å². The molecule has 7 rings (SSSR count). The molecule has 0 amide bonds. The summed E-state index contributed by atoms with van der Waals surface area (Å²) in [5.74, 6) is 0. The Morgan fingerprint density at radius 2 is 0.600 bits per heavy atom. The maximum Gasteiger partial charge on any atom is 0.0426 e. The van der Waals surface area contributed by atoms with Crippen LogP contribution in [-0.2, 0) is 13.1 Å². The fraction of sp³-hybridized carbons (Fsp3) is 0.125. The molecule has 2 nitrogen and oxygen atoms in total. The Labute approximate surface area is 297 Å². The summed E-state index contributed by atoms with van der Waals surface area (Å²) in [6.07, 6.45) is 0. The molecule has 0 saturated heterocycles. The molecule has 0 unspecified atom stereocenters. The lowest BCUT2D eigenvalue weighted by atomic mass is 9.98. The lowest BCUT2D eigenvalue weighted by Gasteiger charge is -2.20. The van der Waals surface area contributed by atoms with Crippen molar-refractivity contribution >= 4 is 11.4 Å². The first-order valence-corrected chi connectivity index (χ1v) is 17.4. The molecule has 0 N–H and O–H groups in total. The number of benzene rings is 7. The SMILES string of the molecule is Cc1ccc(-c2ccc(CN(C)c3ccc(-c4cccc(-c5ccc(N(C)Cc6ccc(-c7ccc(C)cc7)cc6)cc5)c4)cc3)cc2)cc1. The van der Waals surface area contributed by atoms with Crippen molar-refractivity contribution < 1.29 is 0 Å². The van der Waals surface area contributed by atoms with E-state index in [2.05, 4.69) is 208 Å². The molecule has 0 aliphatic heterocycles. The van der Waals surface area contributed by atoms with Crippen LogP contribution in [0.5, 0.6) is 0 Å². The molecule has 0 fully saturated rings. The summed E-state index contributed by atoms with van der Waals surface area (Å²) in [4.78, 5) is 4.61. The van der Waals surface area contributed by atoms with Crippen molar-refractivity contribution in [2.75, 3.05) is 23.9 Å². The number of aryl methyl sites for hydroxylation is 2. The predicted octanol–water partition coefficient (Wildman–Crippen LogP) is 12.2. The molecular weight excluding hydrogens is 605 g/mol. The monoisotopic (exact) mass is 648 g/mol. The second-order valence-corrected chi connectivity index (χ2v) is 13.5. The molecule has 0 aliphatic carbocycles. The summed E-state index contributed by atoms with van der Waals surface area (Å²) >= 11 is 0. The van der Waals surface area contributed by atoms with Gasteiger partial charge in [-0.1, -0.05) is 151 Å². The van der Waals surface area contributed by atoms with Gasteiger partial charge in [0.2, 0.25) is 0 Å². The first-order valence-electron chi connectivity index (χ1n) is 17.4. The zero-order valence-corrected chi connectivity index (χ0v) is 29.5. The van der Waals surface area contributed by atoms with Crippen molar-refractivity contribution in [3.8, 4) is 44.5 Å². The second-order valence-electron chi connectivity index (χ2n) is 13.5. The molecule has 0 atom stereocenters. The molecule has 2 heteroatoms. The van der Waals surface area contributed by atoms with E-state index in [4.69, 9.17) is 0 Å². The van der Waals surface area contributed by atoms with Gasteiger partial charge in [0.25, 0.3) is 0 Å². The predicted molar refractivity (Wildman–Crippen MR) is 215 cm³/mol. The van der Waals surface area contributed by atoms with Crippen LogP contribution in [0.4, 0.5) is 11.4 Å². The molecule has 0 bridgehead atoms. The Bertz CT molecular complexity index is 1990. The van der Waals surface area contributed by atoms with Crippen LogP contribution in [0.2, 0.25) is 0 Å². The Morgan fingerprint density at radius 1 is 0.320 bits per heavy atom. The van der Waals surface area contributed by atoms with Crippen molar-refractivity contribution in [2.45, 2.75) is 26.9 Å². The van der Waals surface area contributed by atoms with E-state index in [0.717, 1.165) is 13.1 Å². The third-order valence-electron chi connectivity index (χ3n) is 9.66. The molecule has 0 aromatic heterocycles. The van der Waals surface area contributed by atoms with Crippen LogP contribution >= 0.6 is 0 Å². The zero-order chi connectivity index (χ0) is 34.5. The molecule has 7 aromatic carbocycles. The Balaban J connectivity index is 0.969. The molecule has 50 heavy (non-hydrogen) atoms. The van der Waals surface area contributed by atoms with Gasteiger partial charge in [-0.05, 0) is 99.8 Å². The molecule has 7 aromatic rings. The third-order valence-corrected chi connectivity index (χ3v) is 9.66. The highest BCUT2D eigenvalue weighted by atomic mass is 15.1. The summed E-state index contributed by atoms with van der Waals surface area (Å²) in [5, 5.41) is 0. The zero-order valence-electron chi connectivity index (χ0n) is 29.5. The first kappa shape index (κ1) is 32.7. The standard InChI is InChI=1S/C48H44N2/c1-35-8-16-39(17-9-35)41-20-12-37(13-21-41)33-49(3)47-28-24-43(25-29-47)45-6-5-7-46(32-45)44-26-30-48(31-27-44)50(4)34-38-14-22-42(23-15-38)40-18-10-36(2)11-19-40/h5-32H,33-34H2,1-4H3. The van der Waals surface area contributed by atoms with E-state index < -0.39 is 0 Å². The quantitative estimate of drug-likeness (QED) is 0.146. The summed E-state index contributed by atoms with van der Waals surface area (Å²) in [5.41, 5.74) is 17.5. The number of hydrogen-bond donors (Lipinski definition) is 0. The number of hydrogen-bond acceptors (Lipinski definition) is 2. The average Bonchev–Trinajstić information content (AvgIpc) is 3.16. The van der Waals surface area contributed by atoms with Gasteiger partial charge < -0.3 is 9.80 Å². The Hall–Kier alpha value is -5.86. The van der Waals surface area contributed by atoms with Crippen molar-refractivity contribution in [3.63, 3.8) is 0 Å². The topological polar surface area (TPSA) is 6.48 Å². The third kappa shape index (κ3) is 7.72. The Kier molecular flexibility index (Phi) is 9.62. The molecular formula is C48H44N2. The van der Waals surface area contributed by atoms with Crippen molar-refractivity contribution in [3.05, 3.63) is 192 Å². The highest BCUT2D eigenvalue weighted by Crippen LogP contribution is 2.30. The maximum absolute atomic E-state index is 2.31. The minimum Gasteiger partial charge on any atom is -0.370 e. The minimum atomic E-state index is 0.856. The summed E-state index contributed by atoms with van der Waals surface area (Å²) in [7, 11) is 4.32. The van der Waals surface area contributed by atoms with E-state index in [1.165, 1.54) is 78.1 Å². The first-order chi connectivity index (χ1) is 24.4. The van der Waals surface area contributed by atoms with Gasteiger partial charge in [-0.3, -0.25) is 0 Å². The van der Waals surface area contributed by atoms with Crippen molar-refractivity contribution in [1.82, 2.24) is 0 Å². The maximum atomic E-state index is 2.31. The fourth-order valence-electron chi connectivity index (χ4n) is 6.52. The molecule has 0 aliphatic rings. The highest BCUT2D eigenvalue weighted by Gasteiger charge is 2.08. The van der Waals surface area contributed by atoms with E-state index in [1.807, 2.05) is 0 Å². The van der Waals surface area contributed by atoms with Gasteiger partial charge in [-0.25, -0.2) is 0 Å². The lowest BCUT2D eigenvalue weighted by molar-refractivity contribution is 0.923. The van der Waals surface area contributed by atoms with Crippen LogP contribution in [0.1, 0.15) is 22.3 Å². The van der Waals surface area contributed by atoms with Crippen LogP contribution in [0.3, 0.4) is 0 Å². The van der Waals surface area contributed by atoms with Gasteiger partial charge in [0.15, 0.2) is 0 Å². The lowest BCUT2D eigenvalue weighted by Crippen LogP contribution is -2.16. The van der Waals surface area contributed by atoms with E-state index in [-0.39, 0.29) is 0 Å². The molecule has 0 saturated carbocycles. The van der Waals surface area contributed by atoms with Crippen LogP contribution < -0.4 is 9.80 Å². The summed E-state index contributed by atoms with van der Waals surface area (Å²) in [6, 6.07) is 62.0. The molecule has 0 spiro atoms. The van der Waals surface area contributed by atoms with E-state index in [9.17, 15) is 0 Å². The van der Waals surface area contributed by atoms with Gasteiger partial charge in [-0.2, -0.15) is 0 Å². The fourth-order valence-corrected chi connectivity index (χ4v) is 6.52. The second kappa shape index (κ2) is 14.7. The van der Waals surface area contributed by atoms with Gasteiger partial charge in [0, 0.05) is 38.6 Å². The number of anilines is 2. The normalized spacial score (nSPS) is 11.0. The Morgan fingerprint density at radius 3 is 0.940 bits per heavy atom. The average molecular weight is 649 g/mol. The summed E-state index contributed by atoms with van der Waals surface area (Å²) in [6.45, 7) is 5.96. The van der Waals surface area contributed by atoms with Crippen LogP contribution in [-0.4, -0.2) is 14.1 Å². The van der Waals surface area contributed by atoms with Gasteiger partial charge in [0.05, 0.1) is 0 Å². The molecule has 0 heterocycles. The van der Waals surface area contributed by atoms with E-state index in [0.29, 0.717) is 0 Å².